The molecule has 1 aliphatic rings. The first-order valence-electron chi connectivity index (χ1n) is 4.78. The van der Waals surface area contributed by atoms with Crippen LogP contribution >= 0.6 is 22.0 Å². The molecule has 0 atom stereocenters. The molecular formula is C9H10ClNO3S2. The Hall–Kier alpha value is -0.590. The Kier molecular flexibility index (Phi) is 3.23. The number of carbonyl (C=O) groups excluding carboxylic acids is 1. The molecule has 1 heterocycles. The van der Waals surface area contributed by atoms with Gasteiger partial charge in [-0.25, -0.2) is 8.42 Å². The molecule has 0 aliphatic heterocycles. The Bertz CT molecular complexity index is 505. The van der Waals surface area contributed by atoms with Gasteiger partial charge >= 0.3 is 0 Å². The van der Waals surface area contributed by atoms with Crippen LogP contribution < -0.4 is 5.32 Å². The van der Waals surface area contributed by atoms with Gasteiger partial charge in [0.15, 0.2) is 0 Å². The highest BCUT2D eigenvalue weighted by molar-refractivity contribution is 8.15. The molecule has 0 unspecified atom stereocenters. The minimum absolute atomic E-state index is 0.0451. The summed E-state index contributed by atoms with van der Waals surface area (Å²) in [5.74, 6) is 0.208. The van der Waals surface area contributed by atoms with Gasteiger partial charge < -0.3 is 5.32 Å². The van der Waals surface area contributed by atoms with Crippen LogP contribution in [-0.2, 0) is 20.4 Å². The van der Waals surface area contributed by atoms with Crippen LogP contribution in [0.3, 0.4) is 0 Å². The Morgan fingerprint density at radius 3 is 2.69 bits per heavy atom. The Morgan fingerprint density at radius 2 is 2.19 bits per heavy atom. The monoisotopic (exact) mass is 279 g/mol. The van der Waals surface area contributed by atoms with Gasteiger partial charge in [-0.2, -0.15) is 0 Å². The van der Waals surface area contributed by atoms with E-state index in [1.807, 2.05) is 0 Å². The van der Waals surface area contributed by atoms with Gasteiger partial charge in [0.25, 0.3) is 9.05 Å². The minimum Gasteiger partial charge on any atom is -0.351 e. The predicted octanol–water partition coefficient (Wildman–Crippen LogP) is 1.70. The summed E-state index contributed by atoms with van der Waals surface area (Å²) < 4.78 is 22.1. The Labute approximate surface area is 102 Å². The zero-order valence-corrected chi connectivity index (χ0v) is 10.7. The number of rotatable bonds is 4. The molecule has 0 aromatic carbocycles. The van der Waals surface area contributed by atoms with E-state index in [0.717, 1.165) is 29.1 Å². The van der Waals surface area contributed by atoms with Crippen molar-refractivity contribution >= 4 is 37.0 Å². The van der Waals surface area contributed by atoms with Crippen LogP contribution in [0.5, 0.6) is 0 Å². The maximum atomic E-state index is 11.3. The highest BCUT2D eigenvalue weighted by Gasteiger charge is 2.29. The molecule has 1 aliphatic carbocycles. The molecule has 0 radical (unpaired) electrons. The number of carbonyl (C=O) groups is 1. The summed E-state index contributed by atoms with van der Waals surface area (Å²) in [7, 11) is 1.54. The molecule has 1 aromatic rings. The first kappa shape index (κ1) is 11.9. The second-order valence-electron chi connectivity index (χ2n) is 3.65. The van der Waals surface area contributed by atoms with Gasteiger partial charge in [-0.15, -0.1) is 11.3 Å². The Balaban J connectivity index is 1.95. The number of hydrogen-bond donors (Lipinski definition) is 1. The van der Waals surface area contributed by atoms with E-state index in [2.05, 4.69) is 5.32 Å². The van der Waals surface area contributed by atoms with E-state index in [4.69, 9.17) is 10.7 Å². The normalized spacial score (nSPS) is 16.1. The van der Waals surface area contributed by atoms with Crippen molar-refractivity contribution in [2.24, 2.45) is 5.92 Å². The van der Waals surface area contributed by atoms with Crippen molar-refractivity contribution in [3.05, 3.63) is 17.0 Å². The molecular weight excluding hydrogens is 270 g/mol. The molecule has 0 spiro atoms. The molecule has 88 valence electrons. The van der Waals surface area contributed by atoms with Crippen LogP contribution in [0.25, 0.3) is 0 Å². The van der Waals surface area contributed by atoms with Crippen molar-refractivity contribution < 1.29 is 13.2 Å². The molecule has 1 fully saturated rings. The number of amides is 1. The number of nitrogens with one attached hydrogen (secondary N) is 1. The summed E-state index contributed by atoms with van der Waals surface area (Å²) in [6.45, 7) is 0.367. The van der Waals surface area contributed by atoms with E-state index in [-0.39, 0.29) is 16.0 Å². The lowest BCUT2D eigenvalue weighted by atomic mass is 10.4. The molecule has 7 heteroatoms. The lowest BCUT2D eigenvalue weighted by molar-refractivity contribution is -0.122. The lowest BCUT2D eigenvalue weighted by Crippen LogP contribution is -2.23. The molecule has 2 rings (SSSR count). The van der Waals surface area contributed by atoms with Gasteiger partial charge in [-0.1, -0.05) is 0 Å². The fourth-order valence-corrected chi connectivity index (χ4v) is 3.31. The fraction of sp³-hybridized carbons (Fsp3) is 0.444. The van der Waals surface area contributed by atoms with Crippen LogP contribution in [0.15, 0.2) is 16.3 Å². The first-order valence-corrected chi connectivity index (χ1v) is 7.90. The summed E-state index contributed by atoms with van der Waals surface area (Å²) in [5, 5.41) is 2.76. The second-order valence-corrected chi connectivity index (χ2v) is 7.61. The summed E-state index contributed by atoms with van der Waals surface area (Å²) >= 11 is 1.08. The van der Waals surface area contributed by atoms with Gasteiger partial charge in [-0.05, 0) is 25.0 Å². The van der Waals surface area contributed by atoms with E-state index >= 15 is 0 Å². The van der Waals surface area contributed by atoms with E-state index in [1.165, 1.54) is 6.07 Å². The largest absolute Gasteiger partial charge is 0.351 e. The van der Waals surface area contributed by atoms with Crippen molar-refractivity contribution in [1.82, 2.24) is 5.32 Å². The summed E-state index contributed by atoms with van der Waals surface area (Å²) in [4.78, 5) is 12.1. The van der Waals surface area contributed by atoms with Crippen LogP contribution in [0.2, 0.25) is 0 Å². The van der Waals surface area contributed by atoms with Gasteiger partial charge in [-0.3, -0.25) is 4.79 Å². The standard InChI is InChI=1S/C9H10ClNO3S2/c10-16(13,14)8-4-3-7(15-8)5-11-9(12)6-1-2-6/h3-4,6H,1-2,5H2,(H,11,12). The second kappa shape index (κ2) is 4.35. The van der Waals surface area contributed by atoms with Crippen molar-refractivity contribution in [3.8, 4) is 0 Å². The smallest absolute Gasteiger partial charge is 0.270 e. The topological polar surface area (TPSA) is 63.2 Å². The molecule has 0 bridgehead atoms. The van der Waals surface area contributed by atoms with Gasteiger partial charge in [0, 0.05) is 21.5 Å². The summed E-state index contributed by atoms with van der Waals surface area (Å²) in [6.07, 6.45) is 1.91. The Morgan fingerprint density at radius 1 is 1.50 bits per heavy atom. The molecule has 1 N–H and O–H groups in total. The van der Waals surface area contributed by atoms with E-state index in [0.29, 0.717) is 6.54 Å². The highest BCUT2D eigenvalue weighted by atomic mass is 35.7. The molecule has 16 heavy (non-hydrogen) atoms. The van der Waals surface area contributed by atoms with E-state index < -0.39 is 9.05 Å². The zero-order valence-electron chi connectivity index (χ0n) is 8.27. The first-order chi connectivity index (χ1) is 7.47. The van der Waals surface area contributed by atoms with Gasteiger partial charge in [0.05, 0.1) is 6.54 Å². The van der Waals surface area contributed by atoms with Crippen molar-refractivity contribution in [2.45, 2.75) is 23.6 Å². The maximum absolute atomic E-state index is 11.3. The third kappa shape index (κ3) is 2.96. The molecule has 1 aromatic heterocycles. The maximum Gasteiger partial charge on any atom is 0.270 e. The third-order valence-corrected chi connectivity index (χ3v) is 5.44. The van der Waals surface area contributed by atoms with Crippen LogP contribution in [-0.4, -0.2) is 14.3 Å². The van der Waals surface area contributed by atoms with Crippen molar-refractivity contribution in [2.75, 3.05) is 0 Å². The SMILES string of the molecule is O=C(NCc1ccc(S(=O)(=O)Cl)s1)C1CC1. The molecule has 0 saturated heterocycles. The van der Waals surface area contributed by atoms with Crippen LogP contribution in [0.4, 0.5) is 0 Å². The molecule has 1 saturated carbocycles. The highest BCUT2D eigenvalue weighted by Crippen LogP contribution is 2.29. The van der Waals surface area contributed by atoms with Crippen molar-refractivity contribution in [1.29, 1.82) is 0 Å². The fourth-order valence-electron chi connectivity index (χ4n) is 1.25. The van der Waals surface area contributed by atoms with Crippen LogP contribution in [0, 0.1) is 5.92 Å². The van der Waals surface area contributed by atoms with Crippen LogP contribution in [0.1, 0.15) is 17.7 Å². The van der Waals surface area contributed by atoms with E-state index in [9.17, 15) is 13.2 Å². The lowest BCUT2D eigenvalue weighted by Gasteiger charge is -2.00. The quantitative estimate of drug-likeness (QED) is 0.854. The summed E-state index contributed by atoms with van der Waals surface area (Å²) in [5.41, 5.74) is 0. The minimum atomic E-state index is -3.65. The average Bonchev–Trinajstić information content (AvgIpc) is 2.92. The number of thiophene rings is 1. The van der Waals surface area contributed by atoms with E-state index in [1.54, 1.807) is 6.07 Å². The number of hydrogen-bond acceptors (Lipinski definition) is 4. The molecule has 1 amide bonds. The van der Waals surface area contributed by atoms with Gasteiger partial charge in [0.1, 0.15) is 4.21 Å². The average molecular weight is 280 g/mol. The summed E-state index contributed by atoms with van der Waals surface area (Å²) in [6, 6.07) is 3.11. The molecule has 4 nitrogen and oxygen atoms in total. The zero-order chi connectivity index (χ0) is 11.8. The third-order valence-electron chi connectivity index (χ3n) is 2.26. The predicted molar refractivity (Wildman–Crippen MR) is 61.9 cm³/mol. The van der Waals surface area contributed by atoms with Gasteiger partial charge in [0.2, 0.25) is 5.91 Å². The van der Waals surface area contributed by atoms with Crippen molar-refractivity contribution in [3.63, 3.8) is 0 Å². The number of halogens is 1.